The van der Waals surface area contributed by atoms with E-state index in [2.05, 4.69) is 10.3 Å². The van der Waals surface area contributed by atoms with Crippen LogP contribution in [0, 0.1) is 5.82 Å². The Morgan fingerprint density at radius 3 is 3.10 bits per heavy atom. The van der Waals surface area contributed by atoms with Crippen molar-refractivity contribution in [2.24, 2.45) is 0 Å². The molecule has 6 heteroatoms. The average molecular weight is 294 g/mol. The fourth-order valence-corrected chi connectivity index (χ4v) is 2.58. The molecule has 2 heterocycles. The van der Waals surface area contributed by atoms with Crippen LogP contribution < -0.4 is 10.9 Å². The van der Waals surface area contributed by atoms with Crippen LogP contribution in [-0.4, -0.2) is 16.1 Å². The smallest absolute Gasteiger partial charge is 0.257 e. The number of aromatic nitrogens is 2. The number of nitrogens with zero attached hydrogens (tertiary/aromatic N) is 2. The molecule has 0 saturated carbocycles. The third kappa shape index (κ3) is 2.34. The minimum Gasteiger partial charge on any atom is -0.311 e. The van der Waals surface area contributed by atoms with Gasteiger partial charge in [-0.15, -0.1) is 0 Å². The van der Waals surface area contributed by atoms with Gasteiger partial charge in [0.15, 0.2) is 0 Å². The number of hydrogen-bond donors (Lipinski definition) is 1. The van der Waals surface area contributed by atoms with Crippen molar-refractivity contribution in [1.82, 2.24) is 14.9 Å². The summed E-state index contributed by atoms with van der Waals surface area (Å²) in [5.41, 5.74) is 1.68. The van der Waals surface area contributed by atoms with Crippen LogP contribution in [0.2, 0.25) is 5.02 Å². The van der Waals surface area contributed by atoms with E-state index in [-0.39, 0.29) is 12.1 Å². The summed E-state index contributed by atoms with van der Waals surface area (Å²) in [6.07, 6.45) is 2.10. The van der Waals surface area contributed by atoms with Gasteiger partial charge in [0.05, 0.1) is 18.6 Å². The SMILES string of the molecule is O=c1c2c(ncn1Cc1c(F)cccc1Cl)CNCC2. The van der Waals surface area contributed by atoms with Gasteiger partial charge in [0, 0.05) is 22.7 Å². The van der Waals surface area contributed by atoms with Crippen LogP contribution in [0.5, 0.6) is 0 Å². The second-order valence-corrected chi connectivity index (χ2v) is 5.14. The fourth-order valence-electron chi connectivity index (χ4n) is 2.36. The predicted octanol–water partition coefficient (Wildman–Crippen LogP) is 1.73. The molecule has 0 amide bonds. The molecular formula is C14H13ClFN3O. The first-order valence-electron chi connectivity index (χ1n) is 6.37. The van der Waals surface area contributed by atoms with E-state index < -0.39 is 5.82 Å². The average Bonchev–Trinajstić information content (AvgIpc) is 2.45. The third-order valence-electron chi connectivity index (χ3n) is 3.45. The molecule has 4 nitrogen and oxygen atoms in total. The normalized spacial score (nSPS) is 14.1. The van der Waals surface area contributed by atoms with E-state index in [0.717, 1.165) is 12.2 Å². The molecule has 0 spiro atoms. The highest BCUT2D eigenvalue weighted by Crippen LogP contribution is 2.19. The van der Waals surface area contributed by atoms with Crippen LogP contribution in [-0.2, 0) is 19.5 Å². The molecule has 20 heavy (non-hydrogen) atoms. The van der Waals surface area contributed by atoms with E-state index in [0.29, 0.717) is 29.1 Å². The van der Waals surface area contributed by atoms with Gasteiger partial charge in [-0.1, -0.05) is 17.7 Å². The van der Waals surface area contributed by atoms with Crippen molar-refractivity contribution in [3.63, 3.8) is 0 Å². The van der Waals surface area contributed by atoms with Gasteiger partial charge in [-0.25, -0.2) is 9.37 Å². The molecular weight excluding hydrogens is 281 g/mol. The Morgan fingerprint density at radius 2 is 2.30 bits per heavy atom. The van der Waals surface area contributed by atoms with E-state index in [9.17, 15) is 9.18 Å². The van der Waals surface area contributed by atoms with Crippen LogP contribution in [0.3, 0.4) is 0 Å². The lowest BCUT2D eigenvalue weighted by Crippen LogP contribution is -2.34. The number of halogens is 2. The van der Waals surface area contributed by atoms with Crippen LogP contribution >= 0.6 is 11.6 Å². The maximum absolute atomic E-state index is 13.8. The second-order valence-electron chi connectivity index (χ2n) is 4.73. The van der Waals surface area contributed by atoms with Crippen LogP contribution in [0.15, 0.2) is 29.3 Å². The van der Waals surface area contributed by atoms with Crippen molar-refractivity contribution < 1.29 is 4.39 Å². The number of nitrogens with one attached hydrogen (secondary N) is 1. The number of rotatable bonds is 2. The summed E-state index contributed by atoms with van der Waals surface area (Å²) in [5.74, 6) is -0.413. The zero-order chi connectivity index (χ0) is 14.1. The highest BCUT2D eigenvalue weighted by molar-refractivity contribution is 6.31. The molecule has 1 aromatic carbocycles. The summed E-state index contributed by atoms with van der Waals surface area (Å²) in [6, 6.07) is 4.49. The van der Waals surface area contributed by atoms with Crippen molar-refractivity contribution in [2.75, 3.05) is 6.54 Å². The Morgan fingerprint density at radius 1 is 1.45 bits per heavy atom. The summed E-state index contributed by atoms with van der Waals surface area (Å²) < 4.78 is 15.2. The lowest BCUT2D eigenvalue weighted by atomic mass is 10.1. The number of benzene rings is 1. The number of fused-ring (bicyclic) bond motifs is 1. The van der Waals surface area contributed by atoms with Gasteiger partial charge >= 0.3 is 0 Å². The van der Waals surface area contributed by atoms with Gasteiger partial charge in [0.25, 0.3) is 5.56 Å². The van der Waals surface area contributed by atoms with Crippen LogP contribution in [0.1, 0.15) is 16.8 Å². The third-order valence-corrected chi connectivity index (χ3v) is 3.81. The maximum atomic E-state index is 13.8. The predicted molar refractivity (Wildman–Crippen MR) is 74.4 cm³/mol. The molecule has 1 N–H and O–H groups in total. The van der Waals surface area contributed by atoms with Gasteiger partial charge < -0.3 is 5.32 Å². The molecule has 0 atom stereocenters. The summed E-state index contributed by atoms with van der Waals surface area (Å²) in [6.45, 7) is 1.46. The highest BCUT2D eigenvalue weighted by atomic mass is 35.5. The topological polar surface area (TPSA) is 46.9 Å². The molecule has 0 saturated heterocycles. The molecule has 0 bridgehead atoms. The van der Waals surface area contributed by atoms with Crippen molar-refractivity contribution in [3.8, 4) is 0 Å². The zero-order valence-electron chi connectivity index (χ0n) is 10.7. The summed E-state index contributed by atoms with van der Waals surface area (Å²) in [4.78, 5) is 16.6. The molecule has 1 aromatic heterocycles. The number of hydrogen-bond acceptors (Lipinski definition) is 3. The molecule has 3 rings (SSSR count). The fraction of sp³-hybridized carbons (Fsp3) is 0.286. The van der Waals surface area contributed by atoms with Gasteiger partial charge in [0.2, 0.25) is 0 Å². The molecule has 0 unspecified atom stereocenters. The van der Waals surface area contributed by atoms with Gasteiger partial charge in [-0.05, 0) is 25.1 Å². The molecule has 104 valence electrons. The monoisotopic (exact) mass is 293 g/mol. The zero-order valence-corrected chi connectivity index (χ0v) is 11.5. The van der Waals surface area contributed by atoms with Crippen molar-refractivity contribution in [3.05, 3.63) is 62.5 Å². The Balaban J connectivity index is 2.02. The largest absolute Gasteiger partial charge is 0.311 e. The first-order chi connectivity index (χ1) is 9.66. The van der Waals surface area contributed by atoms with E-state index in [1.165, 1.54) is 17.0 Å². The van der Waals surface area contributed by atoms with Crippen LogP contribution in [0.25, 0.3) is 0 Å². The quantitative estimate of drug-likeness (QED) is 0.917. The Hall–Kier alpha value is -1.72. The van der Waals surface area contributed by atoms with Crippen LogP contribution in [0.4, 0.5) is 4.39 Å². The standard InChI is InChI=1S/C14H13ClFN3O/c15-11-2-1-3-12(16)10(11)7-19-8-18-13-6-17-5-4-9(13)14(19)20/h1-3,8,17H,4-7H2. The van der Waals surface area contributed by atoms with E-state index >= 15 is 0 Å². The van der Waals surface area contributed by atoms with E-state index in [1.54, 1.807) is 12.1 Å². The molecule has 1 aliphatic rings. The van der Waals surface area contributed by atoms with Crippen molar-refractivity contribution >= 4 is 11.6 Å². The lowest BCUT2D eigenvalue weighted by molar-refractivity contribution is 0.576. The Kier molecular flexibility index (Phi) is 3.54. The first-order valence-corrected chi connectivity index (χ1v) is 6.75. The van der Waals surface area contributed by atoms with Crippen molar-refractivity contribution in [1.29, 1.82) is 0 Å². The summed E-state index contributed by atoms with van der Waals surface area (Å²) >= 11 is 5.99. The summed E-state index contributed by atoms with van der Waals surface area (Å²) in [5, 5.41) is 3.48. The summed E-state index contributed by atoms with van der Waals surface area (Å²) in [7, 11) is 0. The second kappa shape index (κ2) is 5.34. The van der Waals surface area contributed by atoms with E-state index in [1.807, 2.05) is 0 Å². The molecule has 2 aromatic rings. The maximum Gasteiger partial charge on any atom is 0.257 e. The lowest BCUT2D eigenvalue weighted by Gasteiger charge is -2.17. The van der Waals surface area contributed by atoms with Gasteiger partial charge in [-0.2, -0.15) is 0 Å². The Bertz CT molecular complexity index is 694. The molecule has 0 aliphatic carbocycles. The van der Waals surface area contributed by atoms with Gasteiger partial charge in [0.1, 0.15) is 5.82 Å². The Labute approximate surface area is 120 Å². The molecule has 0 radical (unpaired) electrons. The first kappa shape index (κ1) is 13.3. The van der Waals surface area contributed by atoms with Crippen molar-refractivity contribution in [2.45, 2.75) is 19.5 Å². The minimum atomic E-state index is -0.413. The highest BCUT2D eigenvalue weighted by Gasteiger charge is 2.16. The molecule has 1 aliphatic heterocycles. The molecule has 0 fully saturated rings. The minimum absolute atomic E-state index is 0.0953. The van der Waals surface area contributed by atoms with E-state index in [4.69, 9.17) is 11.6 Å². The van der Waals surface area contributed by atoms with Gasteiger partial charge in [-0.3, -0.25) is 9.36 Å².